The number of aromatic nitrogens is 2. The van der Waals surface area contributed by atoms with Crippen LogP contribution in [0.1, 0.15) is 42.6 Å². The number of carbonyl (C=O) groups is 1. The minimum absolute atomic E-state index is 0.0344. The number of hydrogen-bond acceptors (Lipinski definition) is 4. The molecule has 0 spiro atoms. The minimum Gasteiger partial charge on any atom is -0.349 e. The van der Waals surface area contributed by atoms with Crippen LogP contribution in [0, 0.1) is 5.92 Å². The molecule has 0 saturated carbocycles. The van der Waals surface area contributed by atoms with E-state index in [1.54, 1.807) is 6.07 Å². The minimum atomic E-state index is -3.53. The smallest absolute Gasteiger partial charge is 0.243 e. The van der Waals surface area contributed by atoms with Crippen molar-refractivity contribution in [3.8, 4) is 0 Å². The molecule has 1 aromatic heterocycles. The first-order chi connectivity index (χ1) is 15.9. The van der Waals surface area contributed by atoms with Crippen LogP contribution in [-0.2, 0) is 41.3 Å². The number of sulfonamides is 1. The molecule has 33 heavy (non-hydrogen) atoms. The van der Waals surface area contributed by atoms with Crippen molar-refractivity contribution in [3.05, 3.63) is 59.4 Å². The predicted octanol–water partition coefficient (Wildman–Crippen LogP) is 3.17. The Morgan fingerprint density at radius 3 is 2.55 bits per heavy atom. The molecule has 1 amide bonds. The molecule has 1 saturated heterocycles. The molecule has 8 heteroatoms. The zero-order chi connectivity index (χ0) is 23.0. The van der Waals surface area contributed by atoms with Crippen molar-refractivity contribution in [2.24, 2.45) is 13.0 Å². The van der Waals surface area contributed by atoms with Crippen molar-refractivity contribution in [1.29, 1.82) is 0 Å². The summed E-state index contributed by atoms with van der Waals surface area (Å²) in [5, 5.41) is 3.00. The highest BCUT2D eigenvalue weighted by Crippen LogP contribution is 2.28. The fraction of sp³-hybridized carbons (Fsp3) is 0.440. The molecule has 2 aromatic carbocycles. The number of amides is 1. The first-order valence-corrected chi connectivity index (χ1v) is 13.2. The Morgan fingerprint density at radius 1 is 1.06 bits per heavy atom. The Labute approximate surface area is 194 Å². The molecule has 7 nitrogen and oxygen atoms in total. The van der Waals surface area contributed by atoms with Gasteiger partial charge in [-0.3, -0.25) is 4.79 Å². The van der Waals surface area contributed by atoms with Gasteiger partial charge >= 0.3 is 0 Å². The zero-order valence-electron chi connectivity index (χ0n) is 19.0. The number of fused-ring (bicyclic) bond motifs is 2. The van der Waals surface area contributed by atoms with Gasteiger partial charge in [0.25, 0.3) is 0 Å². The lowest BCUT2D eigenvalue weighted by molar-refractivity contribution is -0.126. The van der Waals surface area contributed by atoms with Crippen LogP contribution in [0.5, 0.6) is 0 Å². The number of rotatable bonds is 5. The number of nitrogens with one attached hydrogen (secondary N) is 1. The summed E-state index contributed by atoms with van der Waals surface area (Å²) in [6, 6.07) is 13.5. The predicted molar refractivity (Wildman–Crippen MR) is 127 cm³/mol. The molecule has 1 N–H and O–H groups in total. The third-order valence-corrected chi connectivity index (χ3v) is 8.98. The summed E-state index contributed by atoms with van der Waals surface area (Å²) in [6.07, 6.45) is 5.32. The maximum Gasteiger partial charge on any atom is 0.243 e. The first kappa shape index (κ1) is 22.1. The van der Waals surface area contributed by atoms with Crippen LogP contribution in [0.15, 0.2) is 47.4 Å². The summed E-state index contributed by atoms with van der Waals surface area (Å²) >= 11 is 0. The number of hydrogen-bond donors (Lipinski definition) is 1. The number of carbonyl (C=O) groups excluding carboxylic acids is 1. The Hall–Kier alpha value is -2.71. The lowest BCUT2D eigenvalue weighted by atomic mass is 9.92. The molecule has 2 aliphatic rings. The van der Waals surface area contributed by atoms with E-state index in [0.717, 1.165) is 36.1 Å². The molecule has 0 bridgehead atoms. The molecule has 5 rings (SSSR count). The van der Waals surface area contributed by atoms with Crippen molar-refractivity contribution in [1.82, 2.24) is 19.2 Å². The van der Waals surface area contributed by atoms with E-state index in [2.05, 4.69) is 10.3 Å². The summed E-state index contributed by atoms with van der Waals surface area (Å²) in [7, 11) is -1.59. The van der Waals surface area contributed by atoms with Crippen LogP contribution in [-0.4, -0.2) is 41.3 Å². The van der Waals surface area contributed by atoms with Gasteiger partial charge in [-0.05, 0) is 73.9 Å². The van der Waals surface area contributed by atoms with E-state index in [9.17, 15) is 13.2 Å². The molecule has 0 unspecified atom stereocenters. The van der Waals surface area contributed by atoms with Gasteiger partial charge in [0.1, 0.15) is 5.82 Å². The average molecular weight is 467 g/mol. The van der Waals surface area contributed by atoms with Gasteiger partial charge in [-0.25, -0.2) is 13.4 Å². The summed E-state index contributed by atoms with van der Waals surface area (Å²) in [4.78, 5) is 17.7. The van der Waals surface area contributed by atoms with Gasteiger partial charge < -0.3 is 9.88 Å². The van der Waals surface area contributed by atoms with Gasteiger partial charge in [-0.1, -0.05) is 18.2 Å². The van der Waals surface area contributed by atoms with Crippen molar-refractivity contribution in [3.63, 3.8) is 0 Å². The molecule has 0 radical (unpaired) electrons. The second-order valence-electron chi connectivity index (χ2n) is 9.11. The number of imidazole rings is 1. The van der Waals surface area contributed by atoms with E-state index in [1.165, 1.54) is 21.9 Å². The molecule has 3 aromatic rings. The van der Waals surface area contributed by atoms with Crippen LogP contribution >= 0.6 is 0 Å². The maximum absolute atomic E-state index is 13.2. The Balaban J connectivity index is 1.19. The highest BCUT2D eigenvalue weighted by Gasteiger charge is 2.32. The van der Waals surface area contributed by atoms with Gasteiger partial charge in [0.05, 0.1) is 22.5 Å². The normalized spacial score (nSPS) is 17.7. The monoisotopic (exact) mass is 466 g/mol. The molecule has 2 heterocycles. The highest BCUT2D eigenvalue weighted by atomic mass is 32.2. The topological polar surface area (TPSA) is 84.3 Å². The quantitative estimate of drug-likeness (QED) is 0.626. The molecule has 0 atom stereocenters. The van der Waals surface area contributed by atoms with Crippen LogP contribution in [0.25, 0.3) is 11.0 Å². The van der Waals surface area contributed by atoms with E-state index in [0.29, 0.717) is 37.4 Å². The van der Waals surface area contributed by atoms with Crippen molar-refractivity contribution in [2.45, 2.75) is 50.0 Å². The number of benzene rings is 2. The van der Waals surface area contributed by atoms with E-state index >= 15 is 0 Å². The van der Waals surface area contributed by atoms with Gasteiger partial charge in [0.2, 0.25) is 15.9 Å². The lowest BCUT2D eigenvalue weighted by Crippen LogP contribution is -2.43. The fourth-order valence-corrected chi connectivity index (χ4v) is 6.56. The van der Waals surface area contributed by atoms with Crippen molar-refractivity contribution >= 4 is 27.0 Å². The first-order valence-electron chi connectivity index (χ1n) is 11.7. The number of para-hydroxylation sites is 2. The fourth-order valence-electron chi connectivity index (χ4n) is 5.04. The van der Waals surface area contributed by atoms with Crippen molar-refractivity contribution < 1.29 is 13.2 Å². The molecule has 174 valence electrons. The molecular formula is C25H30N4O3S. The summed E-state index contributed by atoms with van der Waals surface area (Å²) < 4.78 is 29.9. The Kier molecular flexibility index (Phi) is 5.97. The van der Waals surface area contributed by atoms with Gasteiger partial charge in [-0.2, -0.15) is 4.31 Å². The van der Waals surface area contributed by atoms with Gasteiger partial charge in [0.15, 0.2) is 0 Å². The summed E-state index contributed by atoms with van der Waals surface area (Å²) in [6.45, 7) is 1.09. The van der Waals surface area contributed by atoms with Crippen LogP contribution in [0.3, 0.4) is 0 Å². The van der Waals surface area contributed by atoms with Gasteiger partial charge in [-0.15, -0.1) is 0 Å². The summed E-state index contributed by atoms with van der Waals surface area (Å²) in [5.74, 6) is 0.583. The zero-order valence-corrected chi connectivity index (χ0v) is 19.8. The second kappa shape index (κ2) is 8.91. The molecule has 1 fully saturated rings. The van der Waals surface area contributed by atoms with E-state index in [-0.39, 0.29) is 11.8 Å². The second-order valence-corrected chi connectivity index (χ2v) is 11.0. The van der Waals surface area contributed by atoms with E-state index in [1.807, 2.05) is 48.0 Å². The van der Waals surface area contributed by atoms with Crippen LogP contribution < -0.4 is 5.32 Å². The Bertz CT molecular complexity index is 1290. The molecule has 1 aliphatic heterocycles. The van der Waals surface area contributed by atoms with Crippen LogP contribution in [0.2, 0.25) is 0 Å². The lowest BCUT2D eigenvalue weighted by Gasteiger charge is -2.31. The largest absolute Gasteiger partial charge is 0.349 e. The third-order valence-electron chi connectivity index (χ3n) is 7.08. The number of piperidine rings is 1. The number of aryl methyl sites for hydroxylation is 3. The Morgan fingerprint density at radius 2 is 1.79 bits per heavy atom. The van der Waals surface area contributed by atoms with Gasteiger partial charge in [0, 0.05) is 26.1 Å². The van der Waals surface area contributed by atoms with Crippen molar-refractivity contribution in [2.75, 3.05) is 13.1 Å². The van der Waals surface area contributed by atoms with E-state index < -0.39 is 10.0 Å². The van der Waals surface area contributed by atoms with Crippen LogP contribution in [0.4, 0.5) is 0 Å². The molecule has 1 aliphatic carbocycles. The average Bonchev–Trinajstić information content (AvgIpc) is 3.17. The summed E-state index contributed by atoms with van der Waals surface area (Å²) in [5.41, 5.74) is 4.38. The van der Waals surface area contributed by atoms with E-state index in [4.69, 9.17) is 0 Å². The maximum atomic E-state index is 13.2. The number of nitrogens with zero attached hydrogens (tertiary/aromatic N) is 3. The third kappa shape index (κ3) is 4.29. The SMILES string of the molecule is Cn1c(CNC(=O)C2CCN(S(=O)(=O)c3ccc4c(c3)CCCC4)CC2)nc2ccccc21. The molecular weight excluding hydrogens is 436 g/mol. The highest BCUT2D eigenvalue weighted by molar-refractivity contribution is 7.89. The standard InChI is InChI=1S/C25H30N4O3S/c1-28-23-9-5-4-8-22(23)27-24(28)17-26-25(30)19-12-14-29(15-13-19)33(31,32)21-11-10-18-6-2-3-7-20(18)16-21/h4-5,8-11,16,19H,2-3,6-7,12-15,17H2,1H3,(H,26,30).